The van der Waals surface area contributed by atoms with Gasteiger partial charge in [-0.05, 0) is 30.3 Å². The summed E-state index contributed by atoms with van der Waals surface area (Å²) in [6, 6.07) is 9.83. The normalized spacial score (nSPS) is 14.8. The zero-order valence-corrected chi connectivity index (χ0v) is 15.0. The van der Waals surface area contributed by atoms with Crippen LogP contribution in [0.2, 0.25) is 0 Å². The molecular formula is C16H17BrN4OS. The number of aromatic nitrogens is 2. The molecule has 1 aliphatic rings. The predicted octanol–water partition coefficient (Wildman–Crippen LogP) is 2.68. The number of rotatable bonds is 4. The fourth-order valence-electron chi connectivity index (χ4n) is 2.38. The average Bonchev–Trinajstić information content (AvgIpc) is 2.62. The maximum absolute atomic E-state index is 12.3. The lowest BCUT2D eigenvalue weighted by molar-refractivity contribution is -0.128. The van der Waals surface area contributed by atoms with Crippen molar-refractivity contribution in [3.8, 4) is 0 Å². The molecule has 120 valence electrons. The highest BCUT2D eigenvalue weighted by Gasteiger charge is 2.22. The number of nitrogens with zero attached hydrogens (tertiary/aromatic N) is 4. The van der Waals surface area contributed by atoms with Gasteiger partial charge < -0.3 is 9.80 Å². The summed E-state index contributed by atoms with van der Waals surface area (Å²) in [5.74, 6) is 1.40. The fourth-order valence-corrected chi connectivity index (χ4v) is 3.44. The molecule has 3 rings (SSSR count). The molecule has 7 heteroatoms. The summed E-state index contributed by atoms with van der Waals surface area (Å²) in [5.41, 5.74) is 0. The van der Waals surface area contributed by atoms with E-state index in [1.807, 2.05) is 35.2 Å². The van der Waals surface area contributed by atoms with Crippen LogP contribution in [0.25, 0.3) is 0 Å². The van der Waals surface area contributed by atoms with Crippen LogP contribution in [0.3, 0.4) is 0 Å². The Morgan fingerprint density at radius 3 is 2.39 bits per heavy atom. The molecule has 0 unspecified atom stereocenters. The van der Waals surface area contributed by atoms with E-state index < -0.39 is 0 Å². The number of anilines is 1. The van der Waals surface area contributed by atoms with Crippen LogP contribution < -0.4 is 4.90 Å². The van der Waals surface area contributed by atoms with E-state index in [0.717, 1.165) is 41.5 Å². The third-order valence-corrected chi connectivity index (χ3v) is 5.17. The van der Waals surface area contributed by atoms with Gasteiger partial charge in [-0.1, -0.05) is 15.9 Å². The average molecular weight is 393 g/mol. The largest absolute Gasteiger partial charge is 0.338 e. The zero-order valence-electron chi connectivity index (χ0n) is 12.6. The van der Waals surface area contributed by atoms with Crippen LogP contribution in [0.15, 0.2) is 52.1 Å². The van der Waals surface area contributed by atoms with Crippen LogP contribution in [0.5, 0.6) is 0 Å². The summed E-state index contributed by atoms with van der Waals surface area (Å²) in [5, 5.41) is 0. The summed E-state index contributed by atoms with van der Waals surface area (Å²) in [6.45, 7) is 2.99. The molecule has 0 saturated carbocycles. The van der Waals surface area contributed by atoms with E-state index in [1.165, 1.54) is 0 Å². The van der Waals surface area contributed by atoms with Gasteiger partial charge in [0.2, 0.25) is 11.9 Å². The molecule has 1 amide bonds. The second-order valence-corrected chi connectivity index (χ2v) is 7.12. The standard InChI is InChI=1S/C16H17BrN4OS/c17-13-2-4-14(5-3-13)23-12-15(22)20-8-10-21(11-9-20)16-18-6-1-7-19-16/h1-7H,8-12H2. The first-order chi connectivity index (χ1) is 11.2. The Labute approximate surface area is 148 Å². The van der Waals surface area contributed by atoms with Crippen molar-refractivity contribution in [1.29, 1.82) is 0 Å². The van der Waals surface area contributed by atoms with Gasteiger partial charge >= 0.3 is 0 Å². The zero-order chi connectivity index (χ0) is 16.1. The minimum absolute atomic E-state index is 0.187. The third kappa shape index (κ3) is 4.45. The molecule has 0 spiro atoms. The molecule has 0 N–H and O–H groups in total. The molecule has 5 nitrogen and oxygen atoms in total. The van der Waals surface area contributed by atoms with E-state index in [1.54, 1.807) is 24.2 Å². The number of hydrogen-bond donors (Lipinski definition) is 0. The molecular weight excluding hydrogens is 376 g/mol. The Morgan fingerprint density at radius 2 is 1.74 bits per heavy atom. The Bertz CT molecular complexity index is 645. The van der Waals surface area contributed by atoms with Crippen LogP contribution in [-0.4, -0.2) is 52.7 Å². The lowest BCUT2D eigenvalue weighted by Gasteiger charge is -2.34. The summed E-state index contributed by atoms with van der Waals surface area (Å²) >= 11 is 4.99. The van der Waals surface area contributed by atoms with Gasteiger partial charge in [0.15, 0.2) is 0 Å². The monoisotopic (exact) mass is 392 g/mol. The van der Waals surface area contributed by atoms with E-state index in [4.69, 9.17) is 0 Å². The number of thioether (sulfide) groups is 1. The minimum Gasteiger partial charge on any atom is -0.338 e. The van der Waals surface area contributed by atoms with Gasteiger partial charge in [0.1, 0.15) is 0 Å². The molecule has 1 fully saturated rings. The Kier molecular flexibility index (Phi) is 5.51. The molecule has 0 atom stereocenters. The first kappa shape index (κ1) is 16.3. The molecule has 1 saturated heterocycles. The lowest BCUT2D eigenvalue weighted by atomic mass is 10.3. The smallest absolute Gasteiger partial charge is 0.233 e. The van der Waals surface area contributed by atoms with Crippen LogP contribution in [0, 0.1) is 0 Å². The Balaban J connectivity index is 1.47. The molecule has 1 aliphatic heterocycles. The summed E-state index contributed by atoms with van der Waals surface area (Å²) in [4.78, 5) is 26.0. The Morgan fingerprint density at radius 1 is 1.09 bits per heavy atom. The van der Waals surface area contributed by atoms with Gasteiger partial charge in [0.25, 0.3) is 0 Å². The van der Waals surface area contributed by atoms with Crippen LogP contribution in [0.4, 0.5) is 5.95 Å². The maximum Gasteiger partial charge on any atom is 0.233 e. The molecule has 2 aromatic rings. The van der Waals surface area contributed by atoms with E-state index in [9.17, 15) is 4.79 Å². The van der Waals surface area contributed by atoms with Crippen molar-refractivity contribution in [3.63, 3.8) is 0 Å². The number of amides is 1. The third-order valence-electron chi connectivity index (χ3n) is 3.64. The van der Waals surface area contributed by atoms with Crippen molar-refractivity contribution >= 4 is 39.5 Å². The van der Waals surface area contributed by atoms with E-state index in [0.29, 0.717) is 5.75 Å². The van der Waals surface area contributed by atoms with Gasteiger partial charge in [0.05, 0.1) is 5.75 Å². The van der Waals surface area contributed by atoms with Gasteiger partial charge in [-0.15, -0.1) is 11.8 Å². The molecule has 0 bridgehead atoms. The topological polar surface area (TPSA) is 49.3 Å². The molecule has 0 radical (unpaired) electrons. The minimum atomic E-state index is 0.187. The van der Waals surface area contributed by atoms with Crippen LogP contribution >= 0.6 is 27.7 Å². The highest BCUT2D eigenvalue weighted by atomic mass is 79.9. The summed E-state index contributed by atoms with van der Waals surface area (Å²) < 4.78 is 1.05. The first-order valence-electron chi connectivity index (χ1n) is 7.40. The highest BCUT2D eigenvalue weighted by Crippen LogP contribution is 2.21. The van der Waals surface area contributed by atoms with Crippen molar-refractivity contribution < 1.29 is 4.79 Å². The summed E-state index contributed by atoms with van der Waals surface area (Å²) in [7, 11) is 0. The van der Waals surface area contributed by atoms with Crippen LogP contribution in [0.1, 0.15) is 0 Å². The number of halogens is 1. The number of carbonyl (C=O) groups excluding carboxylic acids is 1. The van der Waals surface area contributed by atoms with Crippen molar-refractivity contribution in [2.24, 2.45) is 0 Å². The van der Waals surface area contributed by atoms with Crippen molar-refractivity contribution in [3.05, 3.63) is 47.2 Å². The van der Waals surface area contributed by atoms with E-state index in [-0.39, 0.29) is 5.91 Å². The number of carbonyl (C=O) groups is 1. The van der Waals surface area contributed by atoms with E-state index in [2.05, 4.69) is 30.8 Å². The van der Waals surface area contributed by atoms with Gasteiger partial charge in [-0.3, -0.25) is 4.79 Å². The molecule has 1 aromatic heterocycles. The van der Waals surface area contributed by atoms with Gasteiger partial charge in [0, 0.05) is 47.9 Å². The maximum atomic E-state index is 12.3. The molecule has 0 aliphatic carbocycles. The molecule has 1 aromatic carbocycles. The summed E-state index contributed by atoms with van der Waals surface area (Å²) in [6.07, 6.45) is 3.49. The quantitative estimate of drug-likeness (QED) is 0.748. The van der Waals surface area contributed by atoms with Crippen LogP contribution in [-0.2, 0) is 4.79 Å². The van der Waals surface area contributed by atoms with Crippen molar-refractivity contribution in [2.75, 3.05) is 36.8 Å². The lowest BCUT2D eigenvalue weighted by Crippen LogP contribution is -2.49. The fraction of sp³-hybridized carbons (Fsp3) is 0.312. The van der Waals surface area contributed by atoms with E-state index >= 15 is 0 Å². The second kappa shape index (κ2) is 7.79. The molecule has 23 heavy (non-hydrogen) atoms. The highest BCUT2D eigenvalue weighted by molar-refractivity contribution is 9.10. The van der Waals surface area contributed by atoms with Gasteiger partial charge in [-0.25, -0.2) is 9.97 Å². The van der Waals surface area contributed by atoms with Crippen molar-refractivity contribution in [2.45, 2.75) is 4.90 Å². The number of piperazine rings is 1. The predicted molar refractivity (Wildman–Crippen MR) is 95.7 cm³/mol. The number of hydrogen-bond acceptors (Lipinski definition) is 5. The first-order valence-corrected chi connectivity index (χ1v) is 9.18. The SMILES string of the molecule is O=C(CSc1ccc(Br)cc1)N1CCN(c2ncccn2)CC1. The second-order valence-electron chi connectivity index (χ2n) is 5.16. The van der Waals surface area contributed by atoms with Gasteiger partial charge in [-0.2, -0.15) is 0 Å². The number of benzene rings is 1. The Hall–Kier alpha value is -1.60. The van der Waals surface area contributed by atoms with Crippen molar-refractivity contribution in [1.82, 2.24) is 14.9 Å². The molecule has 2 heterocycles.